The third kappa shape index (κ3) is 7.36. The first-order chi connectivity index (χ1) is 21.1. The molecule has 13 nitrogen and oxygen atoms in total. The fourth-order valence-corrected chi connectivity index (χ4v) is 4.51. The number of ether oxygens (including phenoxy) is 4. The van der Waals surface area contributed by atoms with E-state index >= 15 is 0 Å². The number of aliphatic hydroxyl groups excluding tert-OH is 1. The highest BCUT2D eigenvalue weighted by Gasteiger charge is 2.32. The zero-order valence-electron chi connectivity index (χ0n) is 24.9. The lowest BCUT2D eigenvalue weighted by molar-refractivity contribution is -0.136. The van der Waals surface area contributed by atoms with Gasteiger partial charge in [-0.15, -0.1) is 0 Å². The number of amides is 2. The normalized spacial score (nSPS) is 15.3. The summed E-state index contributed by atoms with van der Waals surface area (Å²) in [4.78, 5) is 36.5. The lowest BCUT2D eigenvalue weighted by Gasteiger charge is -2.28. The third-order valence-corrected chi connectivity index (χ3v) is 6.64. The number of aliphatic hydroxyl groups is 1. The molecule has 232 valence electrons. The van der Waals surface area contributed by atoms with E-state index in [0.717, 1.165) is 11.1 Å². The van der Waals surface area contributed by atoms with E-state index in [9.17, 15) is 19.5 Å². The van der Waals surface area contributed by atoms with Gasteiger partial charge in [0.15, 0.2) is 17.7 Å². The molecule has 4 rings (SSSR count). The van der Waals surface area contributed by atoms with Crippen molar-refractivity contribution in [3.8, 4) is 22.8 Å². The highest BCUT2D eigenvalue weighted by atomic mass is 16.5. The molecule has 2 aromatic carbocycles. The van der Waals surface area contributed by atoms with Gasteiger partial charge in [-0.3, -0.25) is 5.43 Å². The van der Waals surface area contributed by atoms with Crippen LogP contribution < -0.4 is 25.5 Å². The number of allylic oxidation sites excluding steroid dienone is 1. The molecule has 4 N–H and O–H groups in total. The van der Waals surface area contributed by atoms with Crippen molar-refractivity contribution in [2.24, 2.45) is 5.10 Å². The van der Waals surface area contributed by atoms with Crippen molar-refractivity contribution < 1.29 is 42.9 Å². The zero-order valence-corrected chi connectivity index (χ0v) is 24.9. The van der Waals surface area contributed by atoms with Crippen molar-refractivity contribution in [3.05, 3.63) is 82.3 Å². The fourth-order valence-electron chi connectivity index (χ4n) is 4.51. The van der Waals surface area contributed by atoms with Gasteiger partial charge in [0.2, 0.25) is 0 Å². The van der Waals surface area contributed by atoms with Crippen LogP contribution >= 0.6 is 0 Å². The lowest BCUT2D eigenvalue weighted by atomic mass is 9.95. The number of urea groups is 1. The molecular weight excluding hydrogens is 572 g/mol. The van der Waals surface area contributed by atoms with Gasteiger partial charge in [-0.2, -0.15) is 5.10 Å². The van der Waals surface area contributed by atoms with Crippen molar-refractivity contribution in [2.45, 2.75) is 33.0 Å². The summed E-state index contributed by atoms with van der Waals surface area (Å²) in [5.74, 6) is 0.615. The summed E-state index contributed by atoms with van der Waals surface area (Å²) in [5.41, 5.74) is 5.84. The smallest absolute Gasteiger partial charge is 0.337 e. The summed E-state index contributed by atoms with van der Waals surface area (Å²) < 4.78 is 27.0. The summed E-state index contributed by atoms with van der Waals surface area (Å²) >= 11 is 0. The molecule has 2 heterocycles. The number of nitrogens with zero attached hydrogens (tertiary/aromatic N) is 1. The summed E-state index contributed by atoms with van der Waals surface area (Å²) in [6.07, 6.45) is 0.211. The van der Waals surface area contributed by atoms with Crippen molar-refractivity contribution in [3.63, 3.8) is 0 Å². The standard InChI is InChI=1S/C31H34N4O9/c1-6-42-25-14-19(28-27(30(38)41-5)18(3)33-31(39)34-28)9-11-24(25)43-16-26(36)35-32-15-21-10-12-23(44-21)22-13-20(29(37)40-4)8-7-17(22)2/h7-15,26,28,35-36H,6,16H2,1-5H3,(H2,33,34,39)/b32-15-/t26-,28-/m1/s1. The maximum atomic E-state index is 12.4. The third-order valence-electron chi connectivity index (χ3n) is 6.64. The minimum atomic E-state index is -1.19. The molecule has 0 saturated heterocycles. The van der Waals surface area contributed by atoms with Crippen LogP contribution in [-0.4, -0.2) is 63.0 Å². The molecule has 0 fully saturated rings. The highest BCUT2D eigenvalue weighted by Crippen LogP contribution is 2.35. The number of nitrogens with one attached hydrogen (secondary N) is 3. The molecule has 0 radical (unpaired) electrons. The number of rotatable bonds is 12. The monoisotopic (exact) mass is 606 g/mol. The van der Waals surface area contributed by atoms with Crippen LogP contribution in [0.25, 0.3) is 11.3 Å². The minimum absolute atomic E-state index is 0.184. The minimum Gasteiger partial charge on any atom is -0.490 e. The number of benzene rings is 2. The molecule has 0 aliphatic carbocycles. The predicted molar refractivity (Wildman–Crippen MR) is 159 cm³/mol. The molecule has 0 saturated carbocycles. The van der Waals surface area contributed by atoms with E-state index in [0.29, 0.717) is 46.5 Å². The number of aryl methyl sites for hydroxylation is 1. The second-order valence-electron chi connectivity index (χ2n) is 9.64. The maximum Gasteiger partial charge on any atom is 0.337 e. The number of carbonyl (C=O) groups is 3. The van der Waals surface area contributed by atoms with E-state index in [1.807, 2.05) is 13.0 Å². The average molecular weight is 607 g/mol. The van der Waals surface area contributed by atoms with Crippen LogP contribution in [0.3, 0.4) is 0 Å². The summed E-state index contributed by atoms with van der Waals surface area (Å²) in [7, 11) is 2.59. The Labute approximate surface area is 253 Å². The van der Waals surface area contributed by atoms with Gasteiger partial charge in [0, 0.05) is 11.3 Å². The van der Waals surface area contributed by atoms with Crippen LogP contribution in [0, 0.1) is 6.92 Å². The number of hydrogen-bond acceptors (Lipinski definition) is 11. The summed E-state index contributed by atoms with van der Waals surface area (Å²) in [6.45, 7) is 5.45. The van der Waals surface area contributed by atoms with Crippen LogP contribution in [0.1, 0.15) is 47.1 Å². The number of carbonyl (C=O) groups excluding carboxylic acids is 3. The Bertz CT molecular complexity index is 1590. The molecule has 0 unspecified atom stereocenters. The van der Waals surface area contributed by atoms with Crippen LogP contribution in [0.4, 0.5) is 4.79 Å². The van der Waals surface area contributed by atoms with Crippen molar-refractivity contribution in [1.29, 1.82) is 0 Å². The van der Waals surface area contributed by atoms with E-state index in [1.54, 1.807) is 56.3 Å². The quantitative estimate of drug-likeness (QED) is 0.103. The number of methoxy groups -OCH3 is 2. The molecule has 3 aromatic rings. The maximum absolute atomic E-state index is 12.4. The van der Waals surface area contributed by atoms with Crippen LogP contribution in [0.2, 0.25) is 0 Å². The Hall–Kier alpha value is -5.30. The Morgan fingerprint density at radius 3 is 2.55 bits per heavy atom. The van der Waals surface area contributed by atoms with E-state index in [2.05, 4.69) is 21.2 Å². The van der Waals surface area contributed by atoms with Gasteiger partial charge < -0.3 is 39.1 Å². The number of hydrogen-bond donors (Lipinski definition) is 4. The van der Waals surface area contributed by atoms with Crippen LogP contribution in [0.5, 0.6) is 11.5 Å². The highest BCUT2D eigenvalue weighted by molar-refractivity contribution is 5.95. The van der Waals surface area contributed by atoms with Gasteiger partial charge >= 0.3 is 18.0 Å². The lowest BCUT2D eigenvalue weighted by Crippen LogP contribution is -2.45. The Balaban J connectivity index is 1.40. The van der Waals surface area contributed by atoms with Gasteiger partial charge in [0.25, 0.3) is 0 Å². The first-order valence-electron chi connectivity index (χ1n) is 13.7. The molecule has 13 heteroatoms. The van der Waals surface area contributed by atoms with Gasteiger partial charge in [0.05, 0.1) is 44.2 Å². The van der Waals surface area contributed by atoms with E-state index in [4.69, 9.17) is 23.4 Å². The number of esters is 2. The van der Waals surface area contributed by atoms with Crippen molar-refractivity contribution in [2.75, 3.05) is 27.4 Å². The molecule has 0 spiro atoms. The molecule has 1 aliphatic heterocycles. The number of furan rings is 1. The molecule has 1 aliphatic rings. The Morgan fingerprint density at radius 1 is 1.05 bits per heavy atom. The summed E-state index contributed by atoms with van der Waals surface area (Å²) in [5, 5.41) is 19.7. The zero-order chi connectivity index (χ0) is 31.8. The van der Waals surface area contributed by atoms with Gasteiger partial charge in [0.1, 0.15) is 18.1 Å². The predicted octanol–water partition coefficient (Wildman–Crippen LogP) is 3.56. The largest absolute Gasteiger partial charge is 0.490 e. The molecule has 1 aromatic heterocycles. The van der Waals surface area contributed by atoms with Crippen molar-refractivity contribution >= 4 is 24.2 Å². The molecular formula is C31H34N4O9. The average Bonchev–Trinajstić information content (AvgIpc) is 3.48. The van der Waals surface area contributed by atoms with E-state index < -0.39 is 30.2 Å². The molecule has 0 bridgehead atoms. The first-order valence-corrected chi connectivity index (χ1v) is 13.7. The van der Waals surface area contributed by atoms with Crippen LogP contribution in [0.15, 0.2) is 69.3 Å². The fraction of sp³-hybridized carbons (Fsp3) is 0.290. The second-order valence-corrected chi connectivity index (χ2v) is 9.64. The Morgan fingerprint density at radius 2 is 1.82 bits per heavy atom. The molecule has 44 heavy (non-hydrogen) atoms. The Kier molecular flexibility index (Phi) is 10.2. The van der Waals surface area contributed by atoms with Crippen molar-refractivity contribution in [1.82, 2.24) is 16.1 Å². The van der Waals surface area contributed by atoms with E-state index in [1.165, 1.54) is 20.4 Å². The SMILES string of the molecule is CCOc1cc([C@H]2NC(=O)NC(C)=C2C(=O)OC)ccc1OC[C@@H](O)N/N=C\c1ccc(-c2cc(C(=O)OC)ccc2C)o1. The van der Waals surface area contributed by atoms with Gasteiger partial charge in [-0.05, 0) is 68.3 Å². The van der Waals surface area contributed by atoms with Crippen LogP contribution in [-0.2, 0) is 14.3 Å². The molecule has 2 amide bonds. The molecule has 2 atom stereocenters. The van der Waals surface area contributed by atoms with Gasteiger partial charge in [-0.1, -0.05) is 12.1 Å². The topological polar surface area (TPSA) is 170 Å². The van der Waals surface area contributed by atoms with E-state index in [-0.39, 0.29) is 12.2 Å². The number of hydrazone groups is 1. The van der Waals surface area contributed by atoms with Gasteiger partial charge in [-0.25, -0.2) is 14.4 Å². The second kappa shape index (κ2) is 14.2. The summed E-state index contributed by atoms with van der Waals surface area (Å²) in [6, 6.07) is 12.4. The first kappa shape index (κ1) is 31.6.